The second kappa shape index (κ2) is 7.61. The molecule has 0 spiro atoms. The van der Waals surface area contributed by atoms with Crippen molar-refractivity contribution in [3.63, 3.8) is 0 Å². The monoisotopic (exact) mass is 489 g/mol. The zero-order valence-electron chi connectivity index (χ0n) is 15.4. The number of carbonyl (C=O) groups is 2. The van der Waals surface area contributed by atoms with E-state index >= 15 is 0 Å². The van der Waals surface area contributed by atoms with E-state index in [0.717, 1.165) is 11.3 Å². The topological polar surface area (TPSA) is 112 Å². The largest absolute Gasteiger partial charge is 0.338 e. The van der Waals surface area contributed by atoms with Crippen LogP contribution in [0, 0.1) is 0 Å². The molecule has 2 aromatic rings. The van der Waals surface area contributed by atoms with Crippen LogP contribution in [0.4, 0.5) is 0 Å². The molecule has 3 heterocycles. The van der Waals surface area contributed by atoms with Crippen LogP contribution in [0.2, 0.25) is 4.34 Å². The number of piperazine rings is 1. The highest BCUT2D eigenvalue weighted by molar-refractivity contribution is 7.91. The maximum atomic E-state index is 12.7. The Balaban J connectivity index is 1.43. The van der Waals surface area contributed by atoms with E-state index in [9.17, 15) is 26.4 Å². The molecule has 0 radical (unpaired) electrons. The molecule has 1 aromatic carbocycles. The summed E-state index contributed by atoms with van der Waals surface area (Å²) in [6.45, 7) is -0.323. The molecule has 9 nitrogen and oxygen atoms in total. The molecule has 0 unspecified atom stereocenters. The second-order valence-electron chi connectivity index (χ2n) is 6.66. The Hall–Kier alpha value is -1.99. The molecule has 2 aliphatic rings. The van der Waals surface area contributed by atoms with E-state index in [1.165, 1.54) is 39.5 Å². The van der Waals surface area contributed by atoms with E-state index in [1.54, 1.807) is 6.07 Å². The Bertz CT molecular complexity index is 1230. The lowest BCUT2D eigenvalue weighted by molar-refractivity contribution is -0.132. The smallest absolute Gasteiger partial charge is 0.269 e. The highest BCUT2D eigenvalue weighted by Crippen LogP contribution is 2.30. The zero-order chi connectivity index (χ0) is 21.7. The van der Waals surface area contributed by atoms with Crippen molar-refractivity contribution in [2.24, 2.45) is 0 Å². The van der Waals surface area contributed by atoms with Gasteiger partial charge in [0, 0.05) is 26.2 Å². The number of rotatable bonds is 4. The number of hydrogen-bond acceptors (Lipinski definition) is 7. The summed E-state index contributed by atoms with van der Waals surface area (Å²) >= 11 is 6.78. The van der Waals surface area contributed by atoms with Crippen LogP contribution >= 0.6 is 22.9 Å². The molecular weight excluding hydrogens is 474 g/mol. The van der Waals surface area contributed by atoms with Crippen molar-refractivity contribution >= 4 is 54.8 Å². The number of fused-ring (bicyclic) bond motifs is 1. The summed E-state index contributed by atoms with van der Waals surface area (Å²) in [5.74, 6) is -1.30. The van der Waals surface area contributed by atoms with Gasteiger partial charge in [0.1, 0.15) is 15.6 Å². The fraction of sp³-hybridized carbons (Fsp3) is 0.294. The summed E-state index contributed by atoms with van der Waals surface area (Å²) in [5, 5.41) is 0. The predicted octanol–water partition coefficient (Wildman–Crippen LogP) is 1.08. The molecule has 0 bridgehead atoms. The summed E-state index contributed by atoms with van der Waals surface area (Å²) in [7, 11) is -7.79. The summed E-state index contributed by atoms with van der Waals surface area (Å²) in [6, 6.07) is 8.73. The van der Waals surface area contributed by atoms with Gasteiger partial charge in [0.15, 0.2) is 0 Å². The number of halogens is 1. The van der Waals surface area contributed by atoms with Gasteiger partial charge >= 0.3 is 0 Å². The fourth-order valence-electron chi connectivity index (χ4n) is 3.35. The number of benzene rings is 1. The molecule has 1 saturated heterocycles. The maximum Gasteiger partial charge on any atom is 0.269 e. The van der Waals surface area contributed by atoms with Gasteiger partial charge in [-0.25, -0.2) is 21.1 Å². The SMILES string of the molecule is O=C(CN1C(=O)c2ccccc2S1(=O)=O)N1CCN(S(=O)(=O)c2ccc(Cl)s2)CC1. The third-order valence-corrected chi connectivity index (χ3v) is 10.3. The second-order valence-corrected chi connectivity index (χ2v) is 12.4. The molecule has 1 aromatic heterocycles. The highest BCUT2D eigenvalue weighted by atomic mass is 35.5. The van der Waals surface area contributed by atoms with Gasteiger partial charge in [0.2, 0.25) is 5.91 Å². The number of sulfonamides is 2. The number of amides is 2. The van der Waals surface area contributed by atoms with E-state index in [-0.39, 0.29) is 40.8 Å². The minimum atomic E-state index is -4.08. The molecule has 0 atom stereocenters. The van der Waals surface area contributed by atoms with Crippen molar-refractivity contribution < 1.29 is 26.4 Å². The predicted molar refractivity (Wildman–Crippen MR) is 109 cm³/mol. The van der Waals surface area contributed by atoms with Crippen molar-refractivity contribution in [1.82, 2.24) is 13.5 Å². The zero-order valence-corrected chi connectivity index (χ0v) is 18.6. The van der Waals surface area contributed by atoms with Crippen LogP contribution in [0.25, 0.3) is 0 Å². The Kier molecular flexibility index (Phi) is 5.39. The number of carbonyl (C=O) groups excluding carboxylic acids is 2. The summed E-state index contributed by atoms with van der Waals surface area (Å²) in [6.07, 6.45) is 0. The Morgan fingerprint density at radius 1 is 1.07 bits per heavy atom. The van der Waals surface area contributed by atoms with Crippen LogP contribution in [-0.2, 0) is 24.8 Å². The van der Waals surface area contributed by atoms with Crippen LogP contribution in [0.15, 0.2) is 45.5 Å². The lowest BCUT2D eigenvalue weighted by atomic mass is 10.2. The van der Waals surface area contributed by atoms with Crippen LogP contribution in [0.5, 0.6) is 0 Å². The first-order chi connectivity index (χ1) is 14.1. The van der Waals surface area contributed by atoms with E-state index in [1.807, 2.05) is 0 Å². The molecule has 30 heavy (non-hydrogen) atoms. The van der Waals surface area contributed by atoms with Gasteiger partial charge in [-0.05, 0) is 24.3 Å². The Morgan fingerprint density at radius 2 is 1.73 bits per heavy atom. The van der Waals surface area contributed by atoms with Crippen molar-refractivity contribution in [1.29, 1.82) is 0 Å². The Morgan fingerprint density at radius 3 is 2.33 bits per heavy atom. The number of hydrogen-bond donors (Lipinski definition) is 0. The molecule has 4 rings (SSSR count). The van der Waals surface area contributed by atoms with Crippen molar-refractivity contribution in [2.75, 3.05) is 32.7 Å². The fourth-order valence-corrected chi connectivity index (χ4v) is 7.93. The minimum absolute atomic E-state index is 0.0378. The third-order valence-electron chi connectivity index (χ3n) is 4.92. The summed E-state index contributed by atoms with van der Waals surface area (Å²) in [5.41, 5.74) is 0.0378. The summed E-state index contributed by atoms with van der Waals surface area (Å²) < 4.78 is 52.8. The van der Waals surface area contributed by atoms with Gasteiger partial charge in [0.05, 0.1) is 9.90 Å². The normalized spacial score (nSPS) is 19.2. The number of thiophene rings is 1. The molecular formula is C17H16ClN3O6S3. The van der Waals surface area contributed by atoms with E-state index < -0.39 is 38.4 Å². The van der Waals surface area contributed by atoms with Crippen molar-refractivity contribution in [3.8, 4) is 0 Å². The molecule has 0 aliphatic carbocycles. The van der Waals surface area contributed by atoms with Crippen LogP contribution in [-0.4, -0.2) is 74.9 Å². The van der Waals surface area contributed by atoms with Crippen molar-refractivity contribution in [3.05, 3.63) is 46.3 Å². The van der Waals surface area contributed by atoms with Crippen molar-refractivity contribution in [2.45, 2.75) is 9.10 Å². The molecule has 1 fully saturated rings. The van der Waals surface area contributed by atoms with E-state index in [0.29, 0.717) is 8.64 Å². The maximum absolute atomic E-state index is 12.7. The Labute approximate surface area is 182 Å². The third kappa shape index (κ3) is 3.52. The first-order valence-electron chi connectivity index (χ1n) is 8.82. The first-order valence-corrected chi connectivity index (χ1v) is 12.9. The van der Waals surface area contributed by atoms with Crippen LogP contribution in [0.1, 0.15) is 10.4 Å². The van der Waals surface area contributed by atoms with Gasteiger partial charge in [-0.3, -0.25) is 9.59 Å². The minimum Gasteiger partial charge on any atom is -0.338 e. The van der Waals surface area contributed by atoms with Gasteiger partial charge < -0.3 is 4.90 Å². The van der Waals surface area contributed by atoms with Gasteiger partial charge in [-0.15, -0.1) is 11.3 Å². The highest BCUT2D eigenvalue weighted by Gasteiger charge is 2.42. The molecule has 2 amide bonds. The molecule has 160 valence electrons. The average molecular weight is 490 g/mol. The average Bonchev–Trinajstić information content (AvgIpc) is 3.25. The quantitative estimate of drug-likeness (QED) is 0.635. The molecule has 13 heteroatoms. The van der Waals surface area contributed by atoms with E-state index in [2.05, 4.69) is 0 Å². The van der Waals surface area contributed by atoms with Gasteiger partial charge in [0.25, 0.3) is 26.0 Å². The van der Waals surface area contributed by atoms with Crippen LogP contribution < -0.4 is 0 Å². The standard InChI is InChI=1S/C17H16ClN3O6S3/c18-14-5-6-16(28-14)30(26,27)20-9-7-19(8-10-20)15(22)11-21-17(23)12-3-1-2-4-13(12)29(21,24)25/h1-6H,7-11H2. The molecule has 2 aliphatic heterocycles. The van der Waals surface area contributed by atoms with Crippen LogP contribution in [0.3, 0.4) is 0 Å². The first kappa shape index (κ1) is 21.2. The lowest BCUT2D eigenvalue weighted by Crippen LogP contribution is -2.52. The van der Waals surface area contributed by atoms with E-state index in [4.69, 9.17) is 11.6 Å². The molecule has 0 N–H and O–H groups in total. The molecule has 0 saturated carbocycles. The summed E-state index contributed by atoms with van der Waals surface area (Å²) in [4.78, 5) is 26.3. The number of nitrogens with zero attached hydrogens (tertiary/aromatic N) is 3. The van der Waals surface area contributed by atoms with Gasteiger partial charge in [-0.2, -0.15) is 4.31 Å². The lowest BCUT2D eigenvalue weighted by Gasteiger charge is -2.34. The van der Waals surface area contributed by atoms with Gasteiger partial charge in [-0.1, -0.05) is 23.7 Å².